The van der Waals surface area contributed by atoms with Crippen LogP contribution in [0.15, 0.2) is 18.2 Å². The van der Waals surface area contributed by atoms with E-state index < -0.39 is 0 Å². The van der Waals surface area contributed by atoms with E-state index in [-0.39, 0.29) is 18.6 Å². The first-order chi connectivity index (χ1) is 8.47. The van der Waals surface area contributed by atoms with Crippen molar-refractivity contribution in [2.75, 3.05) is 18.9 Å². The average molecular weight is 271 g/mol. The van der Waals surface area contributed by atoms with Gasteiger partial charge in [0, 0.05) is 29.9 Å². The number of rotatable bonds is 5. The predicted molar refractivity (Wildman–Crippen MR) is 73.7 cm³/mol. The summed E-state index contributed by atoms with van der Waals surface area (Å²) in [6.45, 7) is 4.43. The molecule has 0 heterocycles. The number of nitrogen functional groups attached to an aromatic ring is 1. The molecule has 100 valence electrons. The third-order valence-electron chi connectivity index (χ3n) is 2.69. The van der Waals surface area contributed by atoms with E-state index in [1.807, 2.05) is 13.8 Å². The summed E-state index contributed by atoms with van der Waals surface area (Å²) in [6, 6.07) is 4.91. The maximum Gasteiger partial charge on any atom is 0.256 e. The zero-order chi connectivity index (χ0) is 13.7. The molecule has 0 saturated carbocycles. The van der Waals surface area contributed by atoms with Crippen LogP contribution in [0.2, 0.25) is 5.02 Å². The molecule has 0 unspecified atom stereocenters. The Balaban J connectivity index is 2.94. The van der Waals surface area contributed by atoms with Gasteiger partial charge in [0.25, 0.3) is 5.91 Å². The zero-order valence-electron chi connectivity index (χ0n) is 10.7. The van der Waals surface area contributed by atoms with Gasteiger partial charge >= 0.3 is 0 Å². The van der Waals surface area contributed by atoms with Crippen LogP contribution in [0.5, 0.6) is 0 Å². The van der Waals surface area contributed by atoms with Crippen LogP contribution in [0, 0.1) is 0 Å². The molecule has 0 saturated heterocycles. The van der Waals surface area contributed by atoms with Crippen molar-refractivity contribution in [3.63, 3.8) is 0 Å². The van der Waals surface area contributed by atoms with Crippen molar-refractivity contribution in [3.8, 4) is 0 Å². The summed E-state index contributed by atoms with van der Waals surface area (Å²) >= 11 is 5.81. The average Bonchev–Trinajstić information content (AvgIpc) is 2.28. The molecule has 0 atom stereocenters. The molecule has 18 heavy (non-hydrogen) atoms. The summed E-state index contributed by atoms with van der Waals surface area (Å²) in [5.74, 6) is -0.132. The van der Waals surface area contributed by atoms with Gasteiger partial charge < -0.3 is 15.7 Å². The van der Waals surface area contributed by atoms with Crippen molar-refractivity contribution >= 4 is 23.2 Å². The lowest BCUT2D eigenvalue weighted by atomic mass is 10.1. The molecular formula is C13H19ClN2O2. The Hall–Kier alpha value is -1.26. The van der Waals surface area contributed by atoms with Gasteiger partial charge in [-0.05, 0) is 38.5 Å². The topological polar surface area (TPSA) is 66.6 Å². The molecular weight excluding hydrogens is 252 g/mol. The highest BCUT2D eigenvalue weighted by atomic mass is 35.5. The smallest absolute Gasteiger partial charge is 0.256 e. The molecule has 1 aromatic rings. The number of nitrogens with two attached hydrogens (primary N) is 1. The molecule has 1 rings (SSSR count). The molecule has 4 nitrogen and oxygen atoms in total. The largest absolute Gasteiger partial charge is 0.398 e. The summed E-state index contributed by atoms with van der Waals surface area (Å²) < 4.78 is 0. The molecule has 5 heteroatoms. The number of amides is 1. The summed E-state index contributed by atoms with van der Waals surface area (Å²) in [6.07, 6.45) is 0.553. The number of halogens is 1. The SMILES string of the molecule is CC(C)N(CCCO)C(=O)c1ccc(Cl)cc1N. The second kappa shape index (κ2) is 6.61. The zero-order valence-corrected chi connectivity index (χ0v) is 11.4. The van der Waals surface area contributed by atoms with Crippen LogP contribution in [0.3, 0.4) is 0 Å². The van der Waals surface area contributed by atoms with E-state index in [0.29, 0.717) is 29.2 Å². The molecule has 3 N–H and O–H groups in total. The number of aliphatic hydroxyl groups is 1. The lowest BCUT2D eigenvalue weighted by molar-refractivity contribution is 0.0694. The third kappa shape index (κ3) is 3.62. The maximum absolute atomic E-state index is 12.3. The molecule has 0 aliphatic heterocycles. The van der Waals surface area contributed by atoms with Crippen molar-refractivity contribution in [2.45, 2.75) is 26.3 Å². The predicted octanol–water partition coefficient (Wildman–Crippen LogP) is 2.16. The Morgan fingerprint density at radius 1 is 1.50 bits per heavy atom. The van der Waals surface area contributed by atoms with Gasteiger partial charge in [-0.2, -0.15) is 0 Å². The number of hydrogen-bond acceptors (Lipinski definition) is 3. The number of carbonyl (C=O) groups is 1. The number of benzene rings is 1. The van der Waals surface area contributed by atoms with Gasteiger partial charge in [-0.3, -0.25) is 4.79 Å². The summed E-state index contributed by atoms with van der Waals surface area (Å²) in [4.78, 5) is 14.0. The molecule has 0 bridgehead atoms. The van der Waals surface area contributed by atoms with Gasteiger partial charge in [-0.25, -0.2) is 0 Å². The molecule has 0 radical (unpaired) electrons. The first-order valence-electron chi connectivity index (χ1n) is 5.94. The Labute approximate surface area is 112 Å². The second-order valence-electron chi connectivity index (χ2n) is 4.40. The van der Waals surface area contributed by atoms with Crippen LogP contribution >= 0.6 is 11.6 Å². The fourth-order valence-corrected chi connectivity index (χ4v) is 1.90. The van der Waals surface area contributed by atoms with Crippen LogP contribution in [-0.4, -0.2) is 35.1 Å². The lowest BCUT2D eigenvalue weighted by Gasteiger charge is -2.27. The van der Waals surface area contributed by atoms with E-state index >= 15 is 0 Å². The van der Waals surface area contributed by atoms with Crippen molar-refractivity contribution in [3.05, 3.63) is 28.8 Å². The normalized spacial score (nSPS) is 10.7. The molecule has 0 aromatic heterocycles. The van der Waals surface area contributed by atoms with Gasteiger partial charge in [0.15, 0.2) is 0 Å². The van der Waals surface area contributed by atoms with Gasteiger partial charge in [-0.15, -0.1) is 0 Å². The number of carbonyl (C=O) groups excluding carboxylic acids is 1. The minimum Gasteiger partial charge on any atom is -0.398 e. The van der Waals surface area contributed by atoms with E-state index in [1.54, 1.807) is 23.1 Å². The number of aliphatic hydroxyl groups excluding tert-OH is 1. The highest BCUT2D eigenvalue weighted by molar-refractivity contribution is 6.31. The Morgan fingerprint density at radius 3 is 2.67 bits per heavy atom. The summed E-state index contributed by atoms with van der Waals surface area (Å²) in [5, 5.41) is 9.37. The van der Waals surface area contributed by atoms with Gasteiger partial charge in [0.1, 0.15) is 0 Å². The van der Waals surface area contributed by atoms with E-state index in [2.05, 4.69) is 0 Å². The minimum absolute atomic E-state index is 0.0547. The van der Waals surface area contributed by atoms with Crippen LogP contribution in [0.4, 0.5) is 5.69 Å². The highest BCUT2D eigenvalue weighted by Crippen LogP contribution is 2.20. The minimum atomic E-state index is -0.132. The van der Waals surface area contributed by atoms with Gasteiger partial charge in [0.05, 0.1) is 5.56 Å². The number of nitrogens with zero attached hydrogens (tertiary/aromatic N) is 1. The Morgan fingerprint density at radius 2 is 2.17 bits per heavy atom. The molecule has 0 spiro atoms. The quantitative estimate of drug-likeness (QED) is 0.806. The van der Waals surface area contributed by atoms with E-state index in [1.165, 1.54) is 0 Å². The number of anilines is 1. The third-order valence-corrected chi connectivity index (χ3v) is 2.92. The first-order valence-corrected chi connectivity index (χ1v) is 6.32. The van der Waals surface area contributed by atoms with Crippen molar-refractivity contribution in [2.24, 2.45) is 0 Å². The van der Waals surface area contributed by atoms with Gasteiger partial charge in [0.2, 0.25) is 0 Å². The maximum atomic E-state index is 12.3. The second-order valence-corrected chi connectivity index (χ2v) is 4.84. The first kappa shape index (κ1) is 14.8. The standard InChI is InChI=1S/C13H19ClN2O2/c1-9(2)16(6-3-7-17)13(18)11-5-4-10(14)8-12(11)15/h4-5,8-9,17H,3,6-7,15H2,1-2H3. The van der Waals surface area contributed by atoms with Crippen LogP contribution < -0.4 is 5.73 Å². The fourth-order valence-electron chi connectivity index (χ4n) is 1.72. The van der Waals surface area contributed by atoms with E-state index in [0.717, 1.165) is 0 Å². The molecule has 0 aliphatic rings. The van der Waals surface area contributed by atoms with Crippen molar-refractivity contribution in [1.29, 1.82) is 0 Å². The fraction of sp³-hybridized carbons (Fsp3) is 0.462. The van der Waals surface area contributed by atoms with Crippen LogP contribution in [0.25, 0.3) is 0 Å². The van der Waals surface area contributed by atoms with Crippen LogP contribution in [-0.2, 0) is 0 Å². The molecule has 0 fully saturated rings. The summed E-state index contributed by atoms with van der Waals surface area (Å²) in [5.41, 5.74) is 6.63. The monoisotopic (exact) mass is 270 g/mol. The Kier molecular flexibility index (Phi) is 5.44. The number of hydrogen-bond donors (Lipinski definition) is 2. The molecule has 0 aliphatic carbocycles. The van der Waals surface area contributed by atoms with E-state index in [9.17, 15) is 4.79 Å². The van der Waals surface area contributed by atoms with Gasteiger partial charge in [-0.1, -0.05) is 11.6 Å². The Bertz CT molecular complexity index is 421. The van der Waals surface area contributed by atoms with E-state index in [4.69, 9.17) is 22.4 Å². The molecule has 1 aromatic carbocycles. The van der Waals surface area contributed by atoms with Crippen molar-refractivity contribution in [1.82, 2.24) is 4.90 Å². The summed E-state index contributed by atoms with van der Waals surface area (Å²) in [7, 11) is 0. The molecule has 1 amide bonds. The van der Waals surface area contributed by atoms with Crippen molar-refractivity contribution < 1.29 is 9.90 Å². The lowest BCUT2D eigenvalue weighted by Crippen LogP contribution is -2.38. The van der Waals surface area contributed by atoms with Crippen LogP contribution in [0.1, 0.15) is 30.6 Å². The highest BCUT2D eigenvalue weighted by Gasteiger charge is 2.20.